The van der Waals surface area contributed by atoms with Gasteiger partial charge < -0.3 is 16.0 Å². The fourth-order valence-corrected chi connectivity index (χ4v) is 2.73. The summed E-state index contributed by atoms with van der Waals surface area (Å²) in [6.07, 6.45) is 3.49. The molecule has 7 heteroatoms. The highest BCUT2D eigenvalue weighted by molar-refractivity contribution is 9.10. The molecule has 1 aromatic rings. The van der Waals surface area contributed by atoms with Crippen molar-refractivity contribution in [2.24, 2.45) is 11.7 Å². The van der Waals surface area contributed by atoms with Crippen molar-refractivity contribution in [3.05, 3.63) is 10.7 Å². The maximum Gasteiger partial charge on any atom is 0.224 e. The van der Waals surface area contributed by atoms with Gasteiger partial charge in [-0.1, -0.05) is 0 Å². The Hall–Kier alpha value is -1.37. The van der Waals surface area contributed by atoms with Crippen LogP contribution in [-0.4, -0.2) is 35.5 Å². The minimum atomic E-state index is -0.240. The molecule has 0 bridgehead atoms. The fourth-order valence-electron chi connectivity index (χ4n) is 2.31. The molecule has 2 rings (SSSR count). The number of piperidine rings is 1. The second-order valence-corrected chi connectivity index (χ2v) is 5.65. The Morgan fingerprint density at radius 3 is 2.95 bits per heavy atom. The second kappa shape index (κ2) is 5.73. The number of amides is 1. The molecule has 1 aliphatic rings. The van der Waals surface area contributed by atoms with Gasteiger partial charge in [-0.05, 0) is 35.7 Å². The van der Waals surface area contributed by atoms with Gasteiger partial charge in [-0.25, -0.2) is 4.98 Å². The molecule has 1 amide bonds. The van der Waals surface area contributed by atoms with Crippen LogP contribution in [0.3, 0.4) is 0 Å². The molecule has 1 aromatic heterocycles. The van der Waals surface area contributed by atoms with E-state index in [9.17, 15) is 4.79 Å². The molecule has 0 aromatic carbocycles. The number of halogens is 1. The average Bonchev–Trinajstić information content (AvgIpc) is 2.40. The van der Waals surface area contributed by atoms with Gasteiger partial charge in [0.15, 0.2) is 0 Å². The summed E-state index contributed by atoms with van der Waals surface area (Å²) in [6.45, 7) is 2.74. The molecule has 104 valence electrons. The molecule has 1 fully saturated rings. The Morgan fingerprint density at radius 2 is 2.32 bits per heavy atom. The van der Waals surface area contributed by atoms with E-state index < -0.39 is 0 Å². The van der Waals surface area contributed by atoms with Gasteiger partial charge in [0, 0.05) is 25.8 Å². The van der Waals surface area contributed by atoms with E-state index in [1.807, 2.05) is 0 Å². The Balaban J connectivity index is 2.30. The molecule has 2 atom stereocenters. The van der Waals surface area contributed by atoms with Gasteiger partial charge in [0.25, 0.3) is 0 Å². The van der Waals surface area contributed by atoms with Crippen molar-refractivity contribution in [2.45, 2.75) is 25.8 Å². The molecular weight excluding hydrogens is 310 g/mol. The number of aromatic nitrogens is 2. The van der Waals surface area contributed by atoms with Crippen LogP contribution in [0.15, 0.2) is 10.7 Å². The quantitative estimate of drug-likeness (QED) is 0.875. The SMILES string of the molecule is CNc1ncc(Br)c(N2CC(C(N)=O)CCC2C)n1. The van der Waals surface area contributed by atoms with E-state index in [4.69, 9.17) is 5.73 Å². The molecule has 6 nitrogen and oxygen atoms in total. The van der Waals surface area contributed by atoms with Crippen LogP contribution in [0.4, 0.5) is 11.8 Å². The van der Waals surface area contributed by atoms with Crippen LogP contribution < -0.4 is 16.0 Å². The molecule has 2 heterocycles. The predicted octanol–water partition coefficient (Wildman–Crippen LogP) is 1.37. The molecule has 2 unspecified atom stereocenters. The zero-order valence-corrected chi connectivity index (χ0v) is 12.6. The molecule has 0 radical (unpaired) electrons. The number of carbonyl (C=O) groups is 1. The highest BCUT2D eigenvalue weighted by atomic mass is 79.9. The summed E-state index contributed by atoms with van der Waals surface area (Å²) < 4.78 is 0.823. The van der Waals surface area contributed by atoms with Gasteiger partial charge in [0.1, 0.15) is 5.82 Å². The number of primary amides is 1. The first-order chi connectivity index (χ1) is 9.02. The van der Waals surface area contributed by atoms with Crippen molar-refractivity contribution in [2.75, 3.05) is 23.8 Å². The monoisotopic (exact) mass is 327 g/mol. The lowest BCUT2D eigenvalue weighted by Crippen LogP contribution is -2.46. The van der Waals surface area contributed by atoms with E-state index in [1.165, 1.54) is 0 Å². The number of carbonyl (C=O) groups excluding carboxylic acids is 1. The molecule has 19 heavy (non-hydrogen) atoms. The van der Waals surface area contributed by atoms with Crippen LogP contribution in [0, 0.1) is 5.92 Å². The van der Waals surface area contributed by atoms with Gasteiger partial charge in [-0.3, -0.25) is 4.79 Å². The summed E-state index contributed by atoms with van der Waals surface area (Å²) in [7, 11) is 1.78. The maximum absolute atomic E-state index is 11.4. The van der Waals surface area contributed by atoms with Gasteiger partial charge in [-0.15, -0.1) is 0 Å². The summed E-state index contributed by atoms with van der Waals surface area (Å²) in [5.74, 6) is 1.01. The summed E-state index contributed by atoms with van der Waals surface area (Å²) >= 11 is 3.47. The molecule has 1 saturated heterocycles. The van der Waals surface area contributed by atoms with E-state index in [0.717, 1.165) is 23.1 Å². The van der Waals surface area contributed by atoms with Gasteiger partial charge >= 0.3 is 0 Å². The van der Waals surface area contributed by atoms with Crippen molar-refractivity contribution in [1.29, 1.82) is 0 Å². The van der Waals surface area contributed by atoms with Crippen LogP contribution in [0.1, 0.15) is 19.8 Å². The summed E-state index contributed by atoms with van der Waals surface area (Å²) in [4.78, 5) is 22.1. The van der Waals surface area contributed by atoms with Gasteiger partial charge in [0.2, 0.25) is 11.9 Å². The van der Waals surface area contributed by atoms with E-state index in [-0.39, 0.29) is 11.8 Å². The number of hydrogen-bond acceptors (Lipinski definition) is 5. The van der Waals surface area contributed by atoms with E-state index in [1.54, 1.807) is 13.2 Å². The largest absolute Gasteiger partial charge is 0.369 e. The molecule has 0 aliphatic carbocycles. The van der Waals surface area contributed by atoms with Crippen molar-refractivity contribution < 1.29 is 4.79 Å². The lowest BCUT2D eigenvalue weighted by atomic mass is 9.93. The third kappa shape index (κ3) is 2.97. The minimum Gasteiger partial charge on any atom is -0.369 e. The zero-order chi connectivity index (χ0) is 14.0. The first-order valence-electron chi connectivity index (χ1n) is 6.29. The molecule has 0 spiro atoms. The Morgan fingerprint density at radius 1 is 1.58 bits per heavy atom. The van der Waals surface area contributed by atoms with Crippen LogP contribution in [0.25, 0.3) is 0 Å². The van der Waals surface area contributed by atoms with Crippen molar-refractivity contribution in [3.63, 3.8) is 0 Å². The highest BCUT2D eigenvalue weighted by Crippen LogP contribution is 2.31. The van der Waals surface area contributed by atoms with Crippen LogP contribution in [0.5, 0.6) is 0 Å². The topological polar surface area (TPSA) is 84.1 Å². The Labute approximate surface area is 120 Å². The van der Waals surface area contributed by atoms with Crippen molar-refractivity contribution >= 4 is 33.6 Å². The van der Waals surface area contributed by atoms with E-state index >= 15 is 0 Å². The summed E-state index contributed by atoms with van der Waals surface area (Å²) in [6, 6.07) is 0.325. The van der Waals surface area contributed by atoms with Crippen molar-refractivity contribution in [1.82, 2.24) is 9.97 Å². The lowest BCUT2D eigenvalue weighted by molar-refractivity contribution is -0.122. The normalized spacial score (nSPS) is 23.2. The highest BCUT2D eigenvalue weighted by Gasteiger charge is 2.30. The minimum absolute atomic E-state index is 0.115. The van der Waals surface area contributed by atoms with Crippen LogP contribution >= 0.6 is 15.9 Å². The van der Waals surface area contributed by atoms with E-state index in [0.29, 0.717) is 18.5 Å². The molecule has 1 aliphatic heterocycles. The zero-order valence-electron chi connectivity index (χ0n) is 11.1. The third-order valence-electron chi connectivity index (χ3n) is 3.51. The number of hydrogen-bond donors (Lipinski definition) is 2. The maximum atomic E-state index is 11.4. The molecule has 0 saturated carbocycles. The predicted molar refractivity (Wildman–Crippen MR) is 78.0 cm³/mol. The molecular formula is C12H18BrN5O. The second-order valence-electron chi connectivity index (χ2n) is 4.79. The Kier molecular flexibility index (Phi) is 4.24. The third-order valence-corrected chi connectivity index (χ3v) is 4.07. The average molecular weight is 328 g/mol. The molecule has 3 N–H and O–H groups in total. The smallest absolute Gasteiger partial charge is 0.224 e. The number of nitrogens with one attached hydrogen (secondary N) is 1. The Bertz CT molecular complexity index is 481. The lowest BCUT2D eigenvalue weighted by Gasteiger charge is -2.38. The summed E-state index contributed by atoms with van der Waals surface area (Å²) in [5, 5.41) is 2.92. The number of anilines is 2. The van der Waals surface area contributed by atoms with E-state index in [2.05, 4.69) is 43.0 Å². The number of nitrogens with zero attached hydrogens (tertiary/aromatic N) is 3. The first kappa shape index (κ1) is 14.0. The standard InChI is InChI=1S/C12H18BrN5O/c1-7-3-4-8(10(14)19)6-18(7)11-9(13)5-16-12(15-2)17-11/h5,7-8H,3-4,6H2,1-2H3,(H2,14,19)(H,15,16,17). The van der Waals surface area contributed by atoms with Crippen LogP contribution in [-0.2, 0) is 4.79 Å². The van der Waals surface area contributed by atoms with Crippen LogP contribution in [0.2, 0.25) is 0 Å². The van der Waals surface area contributed by atoms with Gasteiger partial charge in [-0.2, -0.15) is 4.98 Å². The van der Waals surface area contributed by atoms with Gasteiger partial charge in [0.05, 0.1) is 10.4 Å². The fraction of sp³-hybridized carbons (Fsp3) is 0.583. The summed E-state index contributed by atoms with van der Waals surface area (Å²) in [5.41, 5.74) is 5.42. The first-order valence-corrected chi connectivity index (χ1v) is 7.08. The number of nitrogens with two attached hydrogens (primary N) is 1. The van der Waals surface area contributed by atoms with Crippen molar-refractivity contribution in [3.8, 4) is 0 Å². The number of rotatable bonds is 3.